The summed E-state index contributed by atoms with van der Waals surface area (Å²) in [6.45, 7) is 0. The maximum Gasteiger partial charge on any atom is 1.00 e. The molecule has 0 rings (SSSR count). The molecule has 0 aromatic carbocycles. The lowest BCUT2D eigenvalue weighted by Crippen LogP contribution is -2.42. The highest BCUT2D eigenvalue weighted by Crippen LogP contribution is 2.39. The smallest absolute Gasteiger partial charge is 0.203 e. The molecule has 0 bridgehead atoms. The molecule has 0 N–H and O–H groups in total. The van der Waals surface area contributed by atoms with Gasteiger partial charge < -0.3 is 0 Å². The second-order valence-electron chi connectivity index (χ2n) is 1.42. The molecule has 0 nitrogen and oxygen atoms in total. The van der Waals surface area contributed by atoms with Crippen LogP contribution in [0.25, 0.3) is 0 Å². The molecule has 0 saturated heterocycles. The lowest BCUT2D eigenvalue weighted by molar-refractivity contribution is -0.320. The fraction of sp³-hybridized carbons (Fsp3) is 1.00. The molecule has 0 unspecified atom stereocenters. The van der Waals surface area contributed by atoms with Crippen molar-refractivity contribution >= 4 is 0 Å². The van der Waals surface area contributed by atoms with E-state index in [4.69, 9.17) is 0 Å². The molecule has 0 radical (unpaired) electrons. The minimum Gasteiger partial charge on any atom is -0.203 e. The number of halogens is 7. The van der Waals surface area contributed by atoms with Gasteiger partial charge in [0.15, 0.2) is 0 Å². The van der Waals surface area contributed by atoms with Crippen LogP contribution in [0.2, 0.25) is 0 Å². The fourth-order valence-corrected chi connectivity index (χ4v) is 0.124. The van der Waals surface area contributed by atoms with Gasteiger partial charge >= 0.3 is 20.0 Å². The Hall–Kier alpha value is -0.490. The van der Waals surface area contributed by atoms with Crippen molar-refractivity contribution in [3.8, 4) is 0 Å². The molecule has 0 spiro atoms. The van der Waals surface area contributed by atoms with Crippen LogP contribution in [0.5, 0.6) is 0 Å². The predicted molar refractivity (Wildman–Crippen MR) is 18.1 cm³/mol. The molecule has 0 saturated carbocycles. The summed E-state index contributed by atoms with van der Waals surface area (Å²) in [6, 6.07) is 0. The maximum atomic E-state index is 11.2. The molecule has 62 valence electrons. The van der Waals surface area contributed by atoms with Crippen molar-refractivity contribution in [1.82, 2.24) is 0 Å². The average Bonchev–Trinajstić information content (AvgIpc) is 1.62. The zero-order valence-corrected chi connectivity index (χ0v) is 4.22. The van der Waals surface area contributed by atoms with Crippen molar-refractivity contribution in [2.45, 2.75) is 18.5 Å². The van der Waals surface area contributed by atoms with Gasteiger partial charge in [-0.1, -0.05) is 0 Å². The summed E-state index contributed by atoms with van der Waals surface area (Å²) < 4.78 is 76.6. The van der Waals surface area contributed by atoms with E-state index >= 15 is 0 Å². The zero-order chi connectivity index (χ0) is 8.58. The minimum atomic E-state index is -6.17. The molecule has 10 heavy (non-hydrogen) atoms. The third kappa shape index (κ3) is 1.51. The molecule has 0 aliphatic rings. The largest absolute Gasteiger partial charge is 1.00 e. The number of alkyl halides is 7. The van der Waals surface area contributed by atoms with Crippen LogP contribution < -0.4 is 0 Å². The summed E-state index contributed by atoms with van der Waals surface area (Å²) >= 11 is 0. The van der Waals surface area contributed by atoms with Gasteiger partial charge in [0.25, 0.3) is 0 Å². The Morgan fingerprint density at radius 2 is 1.20 bits per heavy atom. The SMILES string of the molecule is FC(F)C(F)(F)C(F)(F)F.[H+]. The van der Waals surface area contributed by atoms with Gasteiger partial charge in [0.2, 0.25) is 0 Å². The Labute approximate surface area is 52.1 Å². The third-order valence-electron chi connectivity index (χ3n) is 0.652. The van der Waals surface area contributed by atoms with Gasteiger partial charge in [-0.15, -0.1) is 0 Å². The lowest BCUT2D eigenvalue weighted by Gasteiger charge is -2.17. The highest BCUT2D eigenvalue weighted by molar-refractivity contribution is 4.77. The molecule has 0 heterocycles. The summed E-state index contributed by atoms with van der Waals surface area (Å²) in [5, 5.41) is 0. The molecule has 0 atom stereocenters. The Morgan fingerprint density at radius 3 is 1.20 bits per heavy atom. The van der Waals surface area contributed by atoms with E-state index in [1.54, 1.807) is 0 Å². The van der Waals surface area contributed by atoms with Crippen molar-refractivity contribution in [3.63, 3.8) is 0 Å². The van der Waals surface area contributed by atoms with E-state index < -0.39 is 18.5 Å². The highest BCUT2D eigenvalue weighted by atomic mass is 19.4. The van der Waals surface area contributed by atoms with Crippen LogP contribution in [0.15, 0.2) is 0 Å². The molecule has 0 amide bonds. The van der Waals surface area contributed by atoms with E-state index in [-0.39, 0.29) is 1.43 Å². The van der Waals surface area contributed by atoms with Crippen molar-refractivity contribution < 1.29 is 32.2 Å². The van der Waals surface area contributed by atoms with E-state index in [1.165, 1.54) is 0 Å². The van der Waals surface area contributed by atoms with E-state index in [0.29, 0.717) is 0 Å². The first-order chi connectivity index (χ1) is 4.19. The Bertz CT molecular complexity index is 115. The standard InChI is InChI=1S/C3HF7/c4-1(5)2(6,7)3(8,9)10/h1H/p+1. The molecule has 0 aliphatic heterocycles. The Kier molecular flexibility index (Phi) is 2.17. The van der Waals surface area contributed by atoms with Crippen LogP contribution in [-0.4, -0.2) is 18.5 Å². The lowest BCUT2D eigenvalue weighted by atomic mass is 10.3. The van der Waals surface area contributed by atoms with Crippen molar-refractivity contribution in [2.24, 2.45) is 0 Å². The molecule has 0 aliphatic carbocycles. The Balaban J connectivity index is 0. The summed E-state index contributed by atoms with van der Waals surface area (Å²) in [7, 11) is 0. The predicted octanol–water partition coefficient (Wildman–Crippen LogP) is 2.56. The minimum absolute atomic E-state index is 0. The van der Waals surface area contributed by atoms with Crippen LogP contribution in [0.1, 0.15) is 1.43 Å². The second kappa shape index (κ2) is 2.28. The molecule has 7 heteroatoms. The topological polar surface area (TPSA) is 0 Å². The first-order valence-electron chi connectivity index (χ1n) is 1.92. The number of hydrogen-bond donors (Lipinski definition) is 0. The van der Waals surface area contributed by atoms with Crippen molar-refractivity contribution in [3.05, 3.63) is 0 Å². The van der Waals surface area contributed by atoms with Crippen LogP contribution >= 0.6 is 0 Å². The summed E-state index contributed by atoms with van der Waals surface area (Å²) in [5.74, 6) is -5.90. The van der Waals surface area contributed by atoms with Crippen molar-refractivity contribution in [2.75, 3.05) is 0 Å². The van der Waals surface area contributed by atoms with Gasteiger partial charge in [0, 0.05) is 0 Å². The molecule has 0 aromatic heterocycles. The van der Waals surface area contributed by atoms with Crippen LogP contribution in [0.4, 0.5) is 30.7 Å². The van der Waals surface area contributed by atoms with Gasteiger partial charge in [0.1, 0.15) is 0 Å². The number of rotatable bonds is 1. The second-order valence-corrected chi connectivity index (χ2v) is 1.42. The van der Waals surface area contributed by atoms with Gasteiger partial charge in [0.05, 0.1) is 0 Å². The molecule has 0 fully saturated rings. The van der Waals surface area contributed by atoms with Gasteiger partial charge in [-0.25, -0.2) is 8.78 Å². The average molecular weight is 171 g/mol. The molecular weight excluding hydrogens is 169 g/mol. The van der Waals surface area contributed by atoms with Gasteiger partial charge in [-0.05, 0) is 0 Å². The van der Waals surface area contributed by atoms with Gasteiger partial charge in [-0.2, -0.15) is 22.0 Å². The van der Waals surface area contributed by atoms with E-state index in [0.717, 1.165) is 0 Å². The highest BCUT2D eigenvalue weighted by Gasteiger charge is 2.64. The quantitative estimate of drug-likeness (QED) is 0.532. The van der Waals surface area contributed by atoms with E-state index in [1.807, 2.05) is 0 Å². The zero-order valence-electron chi connectivity index (χ0n) is 5.22. The third-order valence-corrected chi connectivity index (χ3v) is 0.652. The van der Waals surface area contributed by atoms with E-state index in [9.17, 15) is 30.7 Å². The van der Waals surface area contributed by atoms with Crippen LogP contribution in [0, 0.1) is 0 Å². The first kappa shape index (κ1) is 9.51. The molecule has 0 aromatic rings. The van der Waals surface area contributed by atoms with Crippen LogP contribution in [-0.2, 0) is 0 Å². The number of hydrogen-bond acceptors (Lipinski definition) is 0. The summed E-state index contributed by atoms with van der Waals surface area (Å²) in [5.41, 5.74) is 0. The fourth-order valence-electron chi connectivity index (χ4n) is 0.124. The normalized spacial score (nSPS) is 14.4. The first-order valence-corrected chi connectivity index (χ1v) is 1.92. The van der Waals surface area contributed by atoms with Crippen molar-refractivity contribution in [1.29, 1.82) is 0 Å². The summed E-state index contributed by atoms with van der Waals surface area (Å²) in [4.78, 5) is 0. The van der Waals surface area contributed by atoms with Crippen LogP contribution in [0.3, 0.4) is 0 Å². The summed E-state index contributed by atoms with van der Waals surface area (Å²) in [6.07, 6.45) is -10.9. The molecular formula is C3H2F7+. The Morgan fingerprint density at radius 1 is 0.900 bits per heavy atom. The van der Waals surface area contributed by atoms with Gasteiger partial charge in [-0.3, -0.25) is 0 Å². The maximum absolute atomic E-state index is 11.2. The van der Waals surface area contributed by atoms with E-state index in [2.05, 4.69) is 0 Å². The monoisotopic (exact) mass is 171 g/mol.